The number of carbonyl (C=O) groups excluding carboxylic acids is 2. The third kappa shape index (κ3) is 4.32. The van der Waals surface area contributed by atoms with Gasteiger partial charge in [-0.1, -0.05) is 30.3 Å². The molecule has 2 heterocycles. The van der Waals surface area contributed by atoms with Gasteiger partial charge in [-0.15, -0.1) is 0 Å². The SMILES string of the molecule is O=C(NC1CCN(C(=O)/C=C/c2ccccc2)CC1)c1ccsc1. The molecule has 0 saturated carbocycles. The van der Waals surface area contributed by atoms with Crippen LogP contribution in [0.4, 0.5) is 0 Å². The second-order valence-corrected chi connectivity index (χ2v) is 6.61. The van der Waals surface area contributed by atoms with Crippen LogP contribution in [-0.4, -0.2) is 35.8 Å². The lowest BCUT2D eigenvalue weighted by atomic mass is 10.0. The van der Waals surface area contributed by atoms with Crippen LogP contribution in [0.3, 0.4) is 0 Å². The Hall–Kier alpha value is -2.40. The van der Waals surface area contributed by atoms with E-state index in [0.717, 1.165) is 18.4 Å². The van der Waals surface area contributed by atoms with Gasteiger partial charge in [0.15, 0.2) is 0 Å². The van der Waals surface area contributed by atoms with Crippen LogP contribution in [0.1, 0.15) is 28.8 Å². The Morgan fingerprint density at radius 3 is 2.54 bits per heavy atom. The Morgan fingerprint density at radius 1 is 1.12 bits per heavy atom. The molecule has 5 heteroatoms. The minimum Gasteiger partial charge on any atom is -0.349 e. The van der Waals surface area contributed by atoms with E-state index in [1.807, 2.05) is 58.1 Å². The zero-order chi connectivity index (χ0) is 16.8. The number of piperidine rings is 1. The summed E-state index contributed by atoms with van der Waals surface area (Å²) < 4.78 is 0. The molecule has 4 nitrogen and oxygen atoms in total. The number of hydrogen-bond acceptors (Lipinski definition) is 3. The van der Waals surface area contributed by atoms with Gasteiger partial charge in [0.25, 0.3) is 5.91 Å². The van der Waals surface area contributed by atoms with Crippen LogP contribution in [0.15, 0.2) is 53.2 Å². The van der Waals surface area contributed by atoms with Crippen LogP contribution in [0.5, 0.6) is 0 Å². The number of rotatable bonds is 4. The zero-order valence-corrected chi connectivity index (χ0v) is 14.2. The molecule has 1 fully saturated rings. The van der Waals surface area contributed by atoms with E-state index < -0.39 is 0 Å². The first-order valence-corrected chi connectivity index (χ1v) is 9.02. The highest BCUT2D eigenvalue weighted by atomic mass is 32.1. The van der Waals surface area contributed by atoms with E-state index in [1.165, 1.54) is 11.3 Å². The fourth-order valence-electron chi connectivity index (χ4n) is 2.74. The lowest BCUT2D eigenvalue weighted by Gasteiger charge is -2.31. The van der Waals surface area contributed by atoms with Crippen molar-refractivity contribution in [3.05, 3.63) is 64.4 Å². The number of carbonyl (C=O) groups is 2. The summed E-state index contributed by atoms with van der Waals surface area (Å²) in [7, 11) is 0. The molecule has 1 aliphatic heterocycles. The normalized spacial score (nSPS) is 15.6. The summed E-state index contributed by atoms with van der Waals surface area (Å²) in [6, 6.07) is 11.8. The molecule has 1 saturated heterocycles. The number of amides is 2. The van der Waals surface area contributed by atoms with E-state index in [0.29, 0.717) is 18.7 Å². The van der Waals surface area contributed by atoms with Gasteiger partial charge in [-0.3, -0.25) is 9.59 Å². The van der Waals surface area contributed by atoms with E-state index in [-0.39, 0.29) is 17.9 Å². The Bertz CT molecular complexity index is 702. The molecule has 0 unspecified atom stereocenters. The van der Waals surface area contributed by atoms with Gasteiger partial charge in [0.05, 0.1) is 0 Å². The Balaban J connectivity index is 1.47. The van der Waals surface area contributed by atoms with Crippen LogP contribution >= 0.6 is 11.3 Å². The van der Waals surface area contributed by atoms with Gasteiger partial charge in [-0.25, -0.2) is 0 Å². The van der Waals surface area contributed by atoms with Crippen LogP contribution < -0.4 is 5.32 Å². The van der Waals surface area contributed by atoms with Gasteiger partial charge in [-0.05, 0) is 35.9 Å². The van der Waals surface area contributed by atoms with Crippen molar-refractivity contribution >= 4 is 29.2 Å². The van der Waals surface area contributed by atoms with Gasteiger partial charge in [0.2, 0.25) is 5.91 Å². The van der Waals surface area contributed by atoms with E-state index in [2.05, 4.69) is 5.32 Å². The van der Waals surface area contributed by atoms with Crippen molar-refractivity contribution in [2.75, 3.05) is 13.1 Å². The third-order valence-corrected chi connectivity index (χ3v) is 4.83. The standard InChI is InChI=1S/C19H20N2O2S/c22-18(7-6-15-4-2-1-3-5-15)21-11-8-17(9-12-21)20-19(23)16-10-13-24-14-16/h1-7,10,13-14,17H,8-9,11-12H2,(H,20,23)/b7-6+. The van der Waals surface area contributed by atoms with Crippen molar-refractivity contribution in [2.24, 2.45) is 0 Å². The molecule has 0 spiro atoms. The number of nitrogens with zero attached hydrogens (tertiary/aromatic N) is 1. The third-order valence-electron chi connectivity index (χ3n) is 4.14. The zero-order valence-electron chi connectivity index (χ0n) is 13.4. The van der Waals surface area contributed by atoms with Crippen molar-refractivity contribution in [1.82, 2.24) is 10.2 Å². The molecule has 0 aliphatic carbocycles. The maximum atomic E-state index is 12.2. The number of nitrogens with one attached hydrogen (secondary N) is 1. The lowest BCUT2D eigenvalue weighted by molar-refractivity contribution is -0.126. The fourth-order valence-corrected chi connectivity index (χ4v) is 3.38. The smallest absolute Gasteiger partial charge is 0.252 e. The molecule has 124 valence electrons. The van der Waals surface area contributed by atoms with E-state index in [1.54, 1.807) is 6.08 Å². The molecule has 0 atom stereocenters. The Kier molecular flexibility index (Phi) is 5.43. The first kappa shape index (κ1) is 16.5. The number of likely N-dealkylation sites (tertiary alicyclic amines) is 1. The summed E-state index contributed by atoms with van der Waals surface area (Å²) in [4.78, 5) is 26.1. The molecule has 3 rings (SSSR count). The molecule has 1 aliphatic rings. The summed E-state index contributed by atoms with van der Waals surface area (Å²) in [6.45, 7) is 1.35. The minimum absolute atomic E-state index is 0.0231. The van der Waals surface area contributed by atoms with E-state index in [4.69, 9.17) is 0 Å². The molecular formula is C19H20N2O2S. The maximum Gasteiger partial charge on any atom is 0.252 e. The molecule has 24 heavy (non-hydrogen) atoms. The lowest BCUT2D eigenvalue weighted by Crippen LogP contribution is -2.46. The maximum absolute atomic E-state index is 12.2. The molecule has 2 aromatic rings. The predicted octanol–water partition coefficient (Wildman–Crippen LogP) is 3.18. The highest BCUT2D eigenvalue weighted by molar-refractivity contribution is 7.08. The van der Waals surface area contributed by atoms with Crippen molar-refractivity contribution in [3.8, 4) is 0 Å². The fraction of sp³-hybridized carbons (Fsp3) is 0.263. The molecule has 2 amide bonds. The number of benzene rings is 1. The second-order valence-electron chi connectivity index (χ2n) is 5.83. The largest absolute Gasteiger partial charge is 0.349 e. The topological polar surface area (TPSA) is 49.4 Å². The van der Waals surface area contributed by atoms with Crippen LogP contribution in [0.25, 0.3) is 6.08 Å². The number of thiophene rings is 1. The monoisotopic (exact) mass is 340 g/mol. The molecule has 0 bridgehead atoms. The minimum atomic E-state index is -0.0231. The summed E-state index contributed by atoms with van der Waals surface area (Å²) in [5.74, 6) is 0.00599. The highest BCUT2D eigenvalue weighted by Gasteiger charge is 2.23. The van der Waals surface area contributed by atoms with Crippen molar-refractivity contribution < 1.29 is 9.59 Å². The first-order chi connectivity index (χ1) is 11.7. The van der Waals surface area contributed by atoms with Gasteiger partial charge in [-0.2, -0.15) is 11.3 Å². The summed E-state index contributed by atoms with van der Waals surface area (Å²) >= 11 is 1.52. The average Bonchev–Trinajstić information content (AvgIpc) is 3.16. The van der Waals surface area contributed by atoms with Gasteiger partial charge < -0.3 is 10.2 Å². The molecule has 1 N–H and O–H groups in total. The second kappa shape index (κ2) is 7.93. The summed E-state index contributed by atoms with van der Waals surface area (Å²) in [5, 5.41) is 6.80. The summed E-state index contributed by atoms with van der Waals surface area (Å²) in [6.07, 6.45) is 5.05. The van der Waals surface area contributed by atoms with Gasteiger partial charge >= 0.3 is 0 Å². The van der Waals surface area contributed by atoms with Crippen molar-refractivity contribution in [3.63, 3.8) is 0 Å². The van der Waals surface area contributed by atoms with Crippen LogP contribution in [0, 0.1) is 0 Å². The average molecular weight is 340 g/mol. The molecule has 0 radical (unpaired) electrons. The summed E-state index contributed by atoms with van der Waals surface area (Å²) in [5.41, 5.74) is 1.73. The predicted molar refractivity (Wildman–Crippen MR) is 96.9 cm³/mol. The van der Waals surface area contributed by atoms with Crippen molar-refractivity contribution in [1.29, 1.82) is 0 Å². The van der Waals surface area contributed by atoms with E-state index in [9.17, 15) is 9.59 Å². The molecular weight excluding hydrogens is 320 g/mol. The quantitative estimate of drug-likeness (QED) is 0.869. The first-order valence-electron chi connectivity index (χ1n) is 8.07. The van der Waals surface area contributed by atoms with Gasteiger partial charge in [0, 0.05) is 36.2 Å². The Labute approximate surface area is 145 Å². The van der Waals surface area contributed by atoms with Crippen molar-refractivity contribution in [2.45, 2.75) is 18.9 Å². The Morgan fingerprint density at radius 2 is 1.88 bits per heavy atom. The highest BCUT2D eigenvalue weighted by Crippen LogP contribution is 2.13. The molecule has 1 aromatic carbocycles. The van der Waals surface area contributed by atoms with E-state index >= 15 is 0 Å². The number of hydrogen-bond donors (Lipinski definition) is 1. The van der Waals surface area contributed by atoms with Crippen LogP contribution in [-0.2, 0) is 4.79 Å². The van der Waals surface area contributed by atoms with Crippen LogP contribution in [0.2, 0.25) is 0 Å². The molecule has 1 aromatic heterocycles. The van der Waals surface area contributed by atoms with Gasteiger partial charge in [0.1, 0.15) is 0 Å².